The monoisotopic (exact) mass is 569 g/mol. The van der Waals surface area contributed by atoms with E-state index in [1.165, 1.54) is 11.3 Å². The average Bonchev–Trinajstić information content (AvgIpc) is 3.27. The van der Waals surface area contributed by atoms with Crippen molar-refractivity contribution in [3.63, 3.8) is 0 Å². The minimum absolute atomic E-state index is 0.0962. The Morgan fingerprint density at radius 1 is 1.02 bits per heavy atom. The van der Waals surface area contributed by atoms with E-state index in [0.717, 1.165) is 5.56 Å². The molecule has 0 unspecified atom stereocenters. The molecule has 1 aliphatic rings. The number of aromatic nitrogens is 1. The first-order valence-electron chi connectivity index (χ1n) is 13.2. The lowest BCUT2D eigenvalue weighted by atomic mass is 9.95. The molecule has 3 aromatic carbocycles. The van der Waals surface area contributed by atoms with Gasteiger partial charge in [0, 0.05) is 11.3 Å². The zero-order chi connectivity index (χ0) is 29.1. The molecule has 1 amide bonds. The van der Waals surface area contributed by atoms with Gasteiger partial charge in [0.1, 0.15) is 5.75 Å². The van der Waals surface area contributed by atoms with E-state index in [1.54, 1.807) is 31.8 Å². The second kappa shape index (κ2) is 11.9. The first-order valence-corrected chi connectivity index (χ1v) is 14.0. The van der Waals surface area contributed by atoms with E-state index in [9.17, 15) is 9.59 Å². The zero-order valence-electron chi connectivity index (χ0n) is 23.5. The summed E-state index contributed by atoms with van der Waals surface area (Å²) in [6.45, 7) is 5.66. The van der Waals surface area contributed by atoms with Gasteiger partial charge in [0.2, 0.25) is 0 Å². The van der Waals surface area contributed by atoms with E-state index in [2.05, 4.69) is 5.32 Å². The zero-order valence-corrected chi connectivity index (χ0v) is 24.3. The Kier molecular flexibility index (Phi) is 8.07. The van der Waals surface area contributed by atoms with Crippen molar-refractivity contribution in [1.82, 2.24) is 4.57 Å². The van der Waals surface area contributed by atoms with Crippen molar-refractivity contribution in [2.24, 2.45) is 4.99 Å². The molecule has 1 atom stereocenters. The number of thiazole rings is 1. The Labute approximate surface area is 241 Å². The molecule has 41 heavy (non-hydrogen) atoms. The highest BCUT2D eigenvalue weighted by atomic mass is 32.1. The fourth-order valence-corrected chi connectivity index (χ4v) is 5.81. The van der Waals surface area contributed by atoms with E-state index in [0.29, 0.717) is 49.1 Å². The number of anilines is 1. The molecule has 1 aliphatic heterocycles. The van der Waals surface area contributed by atoms with Crippen molar-refractivity contribution in [2.75, 3.05) is 19.5 Å². The number of carbonyl (C=O) groups is 1. The third-order valence-electron chi connectivity index (χ3n) is 6.58. The summed E-state index contributed by atoms with van der Waals surface area (Å²) in [6.07, 6.45) is 1.69. The van der Waals surface area contributed by atoms with Crippen molar-refractivity contribution in [3.8, 4) is 17.2 Å². The lowest BCUT2D eigenvalue weighted by Crippen LogP contribution is -2.40. The van der Waals surface area contributed by atoms with Crippen LogP contribution < -0.4 is 34.4 Å². The number of carbonyl (C=O) groups excluding carboxylic acids is 1. The van der Waals surface area contributed by atoms with E-state index < -0.39 is 6.04 Å². The van der Waals surface area contributed by atoms with Crippen LogP contribution in [0.5, 0.6) is 17.2 Å². The molecule has 9 heteroatoms. The third-order valence-corrected chi connectivity index (χ3v) is 7.56. The maximum atomic E-state index is 14.1. The fourth-order valence-electron chi connectivity index (χ4n) is 4.77. The predicted octanol–water partition coefficient (Wildman–Crippen LogP) is 4.68. The summed E-state index contributed by atoms with van der Waals surface area (Å²) >= 11 is 1.26. The minimum Gasteiger partial charge on any atom is -0.497 e. The van der Waals surface area contributed by atoms with Crippen LogP contribution in [0.1, 0.15) is 37.9 Å². The summed E-state index contributed by atoms with van der Waals surface area (Å²) in [5.74, 6) is 1.42. The second-order valence-corrected chi connectivity index (χ2v) is 10.7. The molecule has 4 aromatic rings. The Bertz CT molecular complexity index is 1800. The van der Waals surface area contributed by atoms with Gasteiger partial charge >= 0.3 is 0 Å². The molecule has 210 valence electrons. The molecule has 2 heterocycles. The highest BCUT2D eigenvalue weighted by molar-refractivity contribution is 7.07. The molecule has 0 bridgehead atoms. The Hall–Kier alpha value is -4.63. The largest absolute Gasteiger partial charge is 0.497 e. The van der Waals surface area contributed by atoms with Gasteiger partial charge in [0.25, 0.3) is 11.5 Å². The molecule has 0 fully saturated rings. The number of nitrogens with zero attached hydrogens (tertiary/aromatic N) is 2. The van der Waals surface area contributed by atoms with E-state index in [-0.39, 0.29) is 17.6 Å². The number of amides is 1. The molecule has 0 saturated carbocycles. The Morgan fingerprint density at radius 3 is 2.49 bits per heavy atom. The van der Waals surface area contributed by atoms with Crippen LogP contribution in [0.3, 0.4) is 0 Å². The Balaban J connectivity index is 1.70. The lowest BCUT2D eigenvalue weighted by Gasteiger charge is -2.25. The molecule has 1 aromatic heterocycles. The lowest BCUT2D eigenvalue weighted by molar-refractivity contribution is -0.113. The summed E-state index contributed by atoms with van der Waals surface area (Å²) in [5, 5.41) is 2.97. The number of hydrogen-bond donors (Lipinski definition) is 1. The van der Waals surface area contributed by atoms with Crippen LogP contribution >= 0.6 is 11.3 Å². The quantitative estimate of drug-likeness (QED) is 0.333. The van der Waals surface area contributed by atoms with E-state index in [1.807, 2.05) is 86.6 Å². The number of methoxy groups -OCH3 is 2. The first kappa shape index (κ1) is 27.9. The first-order chi connectivity index (χ1) is 19.8. The van der Waals surface area contributed by atoms with Crippen molar-refractivity contribution >= 4 is 29.0 Å². The van der Waals surface area contributed by atoms with Crippen LogP contribution in [-0.4, -0.2) is 30.8 Å². The van der Waals surface area contributed by atoms with Crippen LogP contribution in [0.4, 0.5) is 5.69 Å². The normalized spacial score (nSPS) is 14.9. The van der Waals surface area contributed by atoms with E-state index in [4.69, 9.17) is 19.2 Å². The third kappa shape index (κ3) is 5.67. The van der Waals surface area contributed by atoms with Gasteiger partial charge in [0.15, 0.2) is 16.3 Å². The number of hydrogen-bond acceptors (Lipinski definition) is 7. The summed E-state index contributed by atoms with van der Waals surface area (Å²) in [5.41, 5.74) is 2.73. The molecule has 0 aliphatic carbocycles. The molecule has 0 spiro atoms. The van der Waals surface area contributed by atoms with Gasteiger partial charge in [-0.05, 0) is 62.7 Å². The van der Waals surface area contributed by atoms with Gasteiger partial charge in [-0.3, -0.25) is 14.2 Å². The molecule has 5 rings (SSSR count). The maximum absolute atomic E-state index is 14.1. The van der Waals surface area contributed by atoms with Crippen molar-refractivity contribution in [1.29, 1.82) is 0 Å². The fraction of sp³-hybridized carbons (Fsp3) is 0.219. The number of fused-ring (bicyclic) bond motifs is 1. The van der Waals surface area contributed by atoms with Crippen molar-refractivity contribution in [3.05, 3.63) is 115 Å². The Morgan fingerprint density at radius 2 is 1.78 bits per heavy atom. The molecule has 8 nitrogen and oxygen atoms in total. The summed E-state index contributed by atoms with van der Waals surface area (Å²) in [4.78, 5) is 33.1. The van der Waals surface area contributed by atoms with Crippen LogP contribution in [-0.2, 0) is 4.79 Å². The summed E-state index contributed by atoms with van der Waals surface area (Å²) in [7, 11) is 3.17. The predicted molar refractivity (Wildman–Crippen MR) is 161 cm³/mol. The minimum atomic E-state index is -0.719. The number of benzene rings is 3. The van der Waals surface area contributed by atoms with Crippen LogP contribution in [0.25, 0.3) is 6.08 Å². The average molecular weight is 570 g/mol. The van der Waals surface area contributed by atoms with Crippen molar-refractivity contribution < 1.29 is 19.0 Å². The number of rotatable bonds is 8. The number of ether oxygens (including phenoxy) is 3. The van der Waals surface area contributed by atoms with Gasteiger partial charge in [-0.1, -0.05) is 53.8 Å². The molecular formula is C32H31N3O5S. The molecular weight excluding hydrogens is 538 g/mol. The van der Waals surface area contributed by atoms with Gasteiger partial charge in [-0.25, -0.2) is 4.99 Å². The van der Waals surface area contributed by atoms with Crippen LogP contribution in [0, 0.1) is 0 Å². The highest BCUT2D eigenvalue weighted by Gasteiger charge is 2.33. The van der Waals surface area contributed by atoms with E-state index >= 15 is 0 Å². The molecule has 0 radical (unpaired) electrons. The topological polar surface area (TPSA) is 91.2 Å². The van der Waals surface area contributed by atoms with Crippen molar-refractivity contribution in [2.45, 2.75) is 32.9 Å². The smallest absolute Gasteiger partial charge is 0.271 e. The highest BCUT2D eigenvalue weighted by Crippen LogP contribution is 2.34. The van der Waals surface area contributed by atoms with Crippen LogP contribution in [0.15, 0.2) is 93.9 Å². The standard InChI is InChI=1S/C32H31N3O5S/c1-19(2)40-29-22(12-10-16-25(29)39-5)18-26-31(37)35-28(21-11-9-15-24(17-21)38-4)27(20(3)33-32(35)41-26)30(36)34-23-13-7-6-8-14-23/h6-19,28H,1-5H3,(H,34,36)/b26-18-/t28-/m1/s1. The number of allylic oxidation sites excluding steroid dienone is 1. The number of para-hydroxylation sites is 2. The van der Waals surface area contributed by atoms with Gasteiger partial charge in [-0.15, -0.1) is 0 Å². The van der Waals surface area contributed by atoms with Gasteiger partial charge < -0.3 is 19.5 Å². The second-order valence-electron chi connectivity index (χ2n) is 9.72. The van der Waals surface area contributed by atoms with Crippen LogP contribution in [0.2, 0.25) is 0 Å². The molecule has 1 N–H and O–H groups in total. The summed E-state index contributed by atoms with van der Waals surface area (Å²) in [6, 6.07) is 21.4. The maximum Gasteiger partial charge on any atom is 0.271 e. The molecule has 0 saturated heterocycles. The van der Waals surface area contributed by atoms with Gasteiger partial charge in [0.05, 0.1) is 42.2 Å². The number of nitrogens with one attached hydrogen (secondary N) is 1. The SMILES string of the molecule is COc1cccc([C@@H]2C(C(=O)Nc3ccccc3)=C(C)N=c3s/c(=C\c4cccc(OC)c4OC(C)C)c(=O)n32)c1. The summed E-state index contributed by atoms with van der Waals surface area (Å²) < 4.78 is 19.1. The van der Waals surface area contributed by atoms with Gasteiger partial charge in [-0.2, -0.15) is 0 Å².